The second kappa shape index (κ2) is 18.9. The van der Waals surface area contributed by atoms with E-state index in [1.807, 2.05) is 84.9 Å². The van der Waals surface area contributed by atoms with Crippen LogP contribution in [0.15, 0.2) is 109 Å². The van der Waals surface area contributed by atoms with Crippen molar-refractivity contribution in [1.29, 1.82) is 0 Å². The van der Waals surface area contributed by atoms with Crippen LogP contribution in [0.5, 0.6) is 11.5 Å². The summed E-state index contributed by atoms with van der Waals surface area (Å²) in [5.74, 6) is 1.66. The van der Waals surface area contributed by atoms with Crippen LogP contribution in [0.3, 0.4) is 0 Å². The standard InChI is InChI=1S/C38H44N2O4/c41-37(39-33-19-23-35(24-20-33)43-29-27-31-13-7-5-8-14-31)17-11-3-1-2-4-12-18-38(42)40-34-21-25-36(26-22-34)44-30-28-32-15-9-6-10-16-32/h5-10,13-16,19-26H,1-4,11-12,17-18,27-30H2,(H,39,41)(H,40,42). The van der Waals surface area contributed by atoms with Crippen LogP contribution in [-0.4, -0.2) is 25.0 Å². The molecule has 6 nitrogen and oxygen atoms in total. The normalized spacial score (nSPS) is 10.6. The molecule has 44 heavy (non-hydrogen) atoms. The van der Waals surface area contributed by atoms with Crippen LogP contribution in [0, 0.1) is 0 Å². The molecule has 4 rings (SSSR count). The fraction of sp³-hybridized carbons (Fsp3) is 0.316. The van der Waals surface area contributed by atoms with Gasteiger partial charge in [-0.15, -0.1) is 0 Å². The number of carbonyl (C=O) groups excluding carboxylic acids is 2. The van der Waals surface area contributed by atoms with Crippen molar-refractivity contribution in [2.75, 3.05) is 23.8 Å². The molecule has 0 aromatic heterocycles. The third-order valence-corrected chi connectivity index (χ3v) is 7.34. The van der Waals surface area contributed by atoms with Crippen molar-refractivity contribution in [3.05, 3.63) is 120 Å². The van der Waals surface area contributed by atoms with Crippen LogP contribution in [0.2, 0.25) is 0 Å². The van der Waals surface area contributed by atoms with Crippen LogP contribution in [0.25, 0.3) is 0 Å². The number of hydrogen-bond acceptors (Lipinski definition) is 4. The highest BCUT2D eigenvalue weighted by Crippen LogP contribution is 2.18. The molecule has 0 bridgehead atoms. The van der Waals surface area contributed by atoms with Gasteiger partial charge in [-0.25, -0.2) is 0 Å². The van der Waals surface area contributed by atoms with Crippen molar-refractivity contribution in [1.82, 2.24) is 0 Å². The van der Waals surface area contributed by atoms with Crippen molar-refractivity contribution >= 4 is 23.2 Å². The molecular formula is C38H44N2O4. The minimum absolute atomic E-state index is 0.0335. The van der Waals surface area contributed by atoms with Crippen LogP contribution >= 0.6 is 0 Å². The molecule has 2 N–H and O–H groups in total. The highest BCUT2D eigenvalue weighted by Gasteiger charge is 2.05. The third-order valence-electron chi connectivity index (χ3n) is 7.34. The zero-order chi connectivity index (χ0) is 30.7. The maximum absolute atomic E-state index is 12.3. The summed E-state index contributed by atoms with van der Waals surface area (Å²) in [4.78, 5) is 24.6. The first-order chi connectivity index (χ1) is 21.6. The Balaban J connectivity index is 0.976. The number of rotatable bonds is 19. The van der Waals surface area contributed by atoms with Gasteiger partial charge in [-0.1, -0.05) is 86.3 Å². The van der Waals surface area contributed by atoms with Gasteiger partial charge in [0.25, 0.3) is 0 Å². The van der Waals surface area contributed by atoms with Crippen molar-refractivity contribution in [3.8, 4) is 11.5 Å². The van der Waals surface area contributed by atoms with Crippen LogP contribution in [0.1, 0.15) is 62.5 Å². The van der Waals surface area contributed by atoms with Gasteiger partial charge in [-0.05, 0) is 72.5 Å². The van der Waals surface area contributed by atoms with Crippen molar-refractivity contribution in [2.24, 2.45) is 0 Å². The van der Waals surface area contributed by atoms with Gasteiger partial charge in [-0.3, -0.25) is 9.59 Å². The minimum Gasteiger partial charge on any atom is -0.493 e. The van der Waals surface area contributed by atoms with E-state index in [4.69, 9.17) is 9.47 Å². The Morgan fingerprint density at radius 1 is 0.455 bits per heavy atom. The van der Waals surface area contributed by atoms with Gasteiger partial charge in [0.05, 0.1) is 13.2 Å². The van der Waals surface area contributed by atoms with E-state index in [9.17, 15) is 9.59 Å². The molecule has 0 saturated carbocycles. The number of benzene rings is 4. The molecule has 2 amide bonds. The number of nitrogens with one attached hydrogen (secondary N) is 2. The Labute approximate surface area is 261 Å². The summed E-state index contributed by atoms with van der Waals surface area (Å²) in [6.07, 6.45) is 8.60. The number of ether oxygens (including phenoxy) is 2. The van der Waals surface area contributed by atoms with E-state index in [2.05, 4.69) is 34.9 Å². The van der Waals surface area contributed by atoms with E-state index >= 15 is 0 Å². The van der Waals surface area contributed by atoms with Crippen molar-refractivity contribution in [2.45, 2.75) is 64.2 Å². The predicted molar refractivity (Wildman–Crippen MR) is 178 cm³/mol. The van der Waals surface area contributed by atoms with Crippen LogP contribution in [0.4, 0.5) is 11.4 Å². The average Bonchev–Trinajstić information content (AvgIpc) is 3.05. The fourth-order valence-electron chi connectivity index (χ4n) is 4.86. The first kappa shape index (κ1) is 32.3. The van der Waals surface area contributed by atoms with Gasteiger partial charge in [0.15, 0.2) is 0 Å². The molecule has 6 heteroatoms. The van der Waals surface area contributed by atoms with E-state index in [1.54, 1.807) is 0 Å². The van der Waals surface area contributed by atoms with E-state index in [1.165, 1.54) is 11.1 Å². The summed E-state index contributed by atoms with van der Waals surface area (Å²) >= 11 is 0. The minimum atomic E-state index is 0.0335. The Bertz CT molecular complexity index is 1270. The van der Waals surface area contributed by atoms with Crippen LogP contribution < -0.4 is 20.1 Å². The number of amides is 2. The molecule has 0 spiro atoms. The summed E-state index contributed by atoms with van der Waals surface area (Å²) in [6, 6.07) is 35.6. The van der Waals surface area contributed by atoms with Crippen LogP contribution in [-0.2, 0) is 22.4 Å². The summed E-state index contributed by atoms with van der Waals surface area (Å²) in [6.45, 7) is 1.23. The smallest absolute Gasteiger partial charge is 0.224 e. The third kappa shape index (κ3) is 12.7. The van der Waals surface area contributed by atoms with E-state index in [0.717, 1.165) is 74.2 Å². The van der Waals surface area contributed by atoms with Gasteiger partial charge in [-0.2, -0.15) is 0 Å². The lowest BCUT2D eigenvalue weighted by atomic mass is 10.1. The van der Waals surface area contributed by atoms with E-state index in [0.29, 0.717) is 26.1 Å². The first-order valence-corrected chi connectivity index (χ1v) is 15.8. The summed E-state index contributed by atoms with van der Waals surface area (Å²) in [5.41, 5.74) is 4.07. The molecule has 0 unspecified atom stereocenters. The maximum atomic E-state index is 12.3. The molecule has 230 valence electrons. The molecule has 0 fully saturated rings. The Morgan fingerprint density at radius 3 is 1.20 bits per heavy atom. The molecule has 0 aliphatic carbocycles. The summed E-state index contributed by atoms with van der Waals surface area (Å²) in [5, 5.41) is 5.93. The predicted octanol–water partition coefficient (Wildman–Crippen LogP) is 8.63. The summed E-state index contributed by atoms with van der Waals surface area (Å²) < 4.78 is 11.6. The second-order valence-electron chi connectivity index (χ2n) is 10.9. The number of hydrogen-bond donors (Lipinski definition) is 2. The molecule has 4 aromatic rings. The molecule has 0 aliphatic rings. The van der Waals surface area contributed by atoms with Crippen molar-refractivity contribution in [3.63, 3.8) is 0 Å². The van der Waals surface area contributed by atoms with Crippen molar-refractivity contribution < 1.29 is 19.1 Å². The number of carbonyl (C=O) groups is 2. The van der Waals surface area contributed by atoms with Gasteiger partial charge in [0, 0.05) is 37.1 Å². The Hall–Kier alpha value is -4.58. The van der Waals surface area contributed by atoms with Gasteiger partial charge in [0.2, 0.25) is 11.8 Å². The quantitative estimate of drug-likeness (QED) is 0.107. The summed E-state index contributed by atoms with van der Waals surface area (Å²) in [7, 11) is 0. The Morgan fingerprint density at radius 2 is 0.818 bits per heavy atom. The highest BCUT2D eigenvalue weighted by molar-refractivity contribution is 5.91. The molecule has 0 aliphatic heterocycles. The lowest BCUT2D eigenvalue weighted by Crippen LogP contribution is -2.11. The van der Waals surface area contributed by atoms with E-state index < -0.39 is 0 Å². The Kier molecular flexibility index (Phi) is 13.9. The molecule has 0 saturated heterocycles. The number of unbranched alkanes of at least 4 members (excludes halogenated alkanes) is 5. The SMILES string of the molecule is O=C(CCCCCCCCC(=O)Nc1ccc(OCCc2ccccc2)cc1)Nc1ccc(OCCc2ccccc2)cc1. The zero-order valence-electron chi connectivity index (χ0n) is 25.5. The fourth-order valence-corrected chi connectivity index (χ4v) is 4.86. The zero-order valence-corrected chi connectivity index (χ0v) is 25.5. The number of anilines is 2. The monoisotopic (exact) mass is 592 g/mol. The van der Waals surface area contributed by atoms with E-state index in [-0.39, 0.29) is 11.8 Å². The first-order valence-electron chi connectivity index (χ1n) is 15.8. The molecule has 0 heterocycles. The molecule has 0 radical (unpaired) electrons. The topological polar surface area (TPSA) is 76.7 Å². The largest absolute Gasteiger partial charge is 0.493 e. The average molecular weight is 593 g/mol. The van der Waals surface area contributed by atoms with Gasteiger partial charge >= 0.3 is 0 Å². The van der Waals surface area contributed by atoms with Gasteiger partial charge in [0.1, 0.15) is 11.5 Å². The second-order valence-corrected chi connectivity index (χ2v) is 10.9. The lowest BCUT2D eigenvalue weighted by molar-refractivity contribution is -0.117. The maximum Gasteiger partial charge on any atom is 0.224 e. The molecular weight excluding hydrogens is 548 g/mol. The highest BCUT2D eigenvalue weighted by atomic mass is 16.5. The molecule has 4 aromatic carbocycles. The van der Waals surface area contributed by atoms with Gasteiger partial charge < -0.3 is 20.1 Å². The molecule has 0 atom stereocenters. The lowest BCUT2D eigenvalue weighted by Gasteiger charge is -2.09.